The third-order valence-corrected chi connectivity index (χ3v) is 3.88. The molecule has 0 atom stereocenters. The molecule has 0 bridgehead atoms. The summed E-state index contributed by atoms with van der Waals surface area (Å²) in [6.07, 6.45) is 1.93. The molecule has 1 N–H and O–H groups in total. The van der Waals surface area contributed by atoms with Crippen molar-refractivity contribution in [1.82, 2.24) is 4.98 Å². The summed E-state index contributed by atoms with van der Waals surface area (Å²) in [5.41, 5.74) is 2.60. The van der Waals surface area contributed by atoms with Gasteiger partial charge in [-0.15, -0.1) is 11.8 Å². The average Bonchev–Trinajstić information content (AvgIpc) is 2.96. The minimum Gasteiger partial charge on any atom is -0.465 e. The van der Waals surface area contributed by atoms with Gasteiger partial charge in [-0.25, -0.2) is 4.79 Å². The Bertz CT molecular complexity index is 815. The van der Waals surface area contributed by atoms with Gasteiger partial charge >= 0.3 is 5.97 Å². The number of esters is 1. The Hall–Kier alpha value is -2.47. The highest BCUT2D eigenvalue weighted by molar-refractivity contribution is 7.98. The first-order chi connectivity index (χ1) is 10.7. The number of oxazole rings is 1. The van der Waals surface area contributed by atoms with Crippen molar-refractivity contribution in [3.8, 4) is 0 Å². The molecule has 3 aromatic rings. The number of aromatic nitrogens is 1. The Kier molecular flexibility index (Phi) is 4.02. The van der Waals surface area contributed by atoms with Crippen molar-refractivity contribution in [2.24, 2.45) is 0 Å². The Morgan fingerprint density at radius 1 is 1.27 bits per heavy atom. The molecule has 0 radical (unpaired) electrons. The lowest BCUT2D eigenvalue weighted by atomic mass is 10.2. The van der Waals surface area contributed by atoms with Crippen molar-refractivity contribution in [2.45, 2.75) is 4.90 Å². The highest BCUT2D eigenvalue weighted by atomic mass is 32.2. The molecule has 0 saturated carbocycles. The monoisotopic (exact) mass is 314 g/mol. The Morgan fingerprint density at radius 3 is 2.73 bits per heavy atom. The van der Waals surface area contributed by atoms with Crippen LogP contribution in [0.4, 0.5) is 11.7 Å². The molecular weight excluding hydrogens is 300 g/mol. The molecule has 22 heavy (non-hydrogen) atoms. The summed E-state index contributed by atoms with van der Waals surface area (Å²) in [6.45, 7) is 0. The molecule has 112 valence electrons. The second kappa shape index (κ2) is 6.11. The molecule has 6 heteroatoms. The summed E-state index contributed by atoms with van der Waals surface area (Å²) in [7, 11) is 1.36. The van der Waals surface area contributed by atoms with E-state index >= 15 is 0 Å². The Labute approximate surface area is 131 Å². The van der Waals surface area contributed by atoms with Gasteiger partial charge in [0.25, 0.3) is 6.01 Å². The number of carbonyl (C=O) groups is 1. The molecule has 0 aliphatic carbocycles. The van der Waals surface area contributed by atoms with Crippen LogP contribution in [0.2, 0.25) is 0 Å². The summed E-state index contributed by atoms with van der Waals surface area (Å²) in [6, 6.07) is 13.4. The van der Waals surface area contributed by atoms with Crippen molar-refractivity contribution in [3.05, 3.63) is 48.0 Å². The molecule has 0 aliphatic rings. The van der Waals surface area contributed by atoms with Crippen LogP contribution in [0.1, 0.15) is 10.4 Å². The van der Waals surface area contributed by atoms with Crippen LogP contribution in [0.5, 0.6) is 0 Å². The van der Waals surface area contributed by atoms with Crippen molar-refractivity contribution >= 4 is 40.5 Å². The van der Waals surface area contributed by atoms with Gasteiger partial charge in [-0.3, -0.25) is 0 Å². The molecule has 0 spiro atoms. The van der Waals surface area contributed by atoms with Crippen molar-refractivity contribution < 1.29 is 13.9 Å². The number of fused-ring (bicyclic) bond motifs is 1. The molecule has 5 nitrogen and oxygen atoms in total. The number of para-hydroxylation sites is 1. The molecule has 0 fully saturated rings. The Morgan fingerprint density at radius 2 is 2.05 bits per heavy atom. The quantitative estimate of drug-likeness (QED) is 0.578. The highest BCUT2D eigenvalue weighted by Gasteiger charge is 2.15. The van der Waals surface area contributed by atoms with Gasteiger partial charge in [0.1, 0.15) is 5.52 Å². The van der Waals surface area contributed by atoms with Gasteiger partial charge in [0.15, 0.2) is 5.58 Å². The maximum atomic E-state index is 11.7. The highest BCUT2D eigenvalue weighted by Crippen LogP contribution is 2.31. The van der Waals surface area contributed by atoms with E-state index in [4.69, 9.17) is 9.15 Å². The summed E-state index contributed by atoms with van der Waals surface area (Å²) in [4.78, 5) is 17.0. The van der Waals surface area contributed by atoms with Gasteiger partial charge in [0.2, 0.25) is 0 Å². The average molecular weight is 314 g/mol. The van der Waals surface area contributed by atoms with Crippen LogP contribution in [0.25, 0.3) is 11.1 Å². The summed E-state index contributed by atoms with van der Waals surface area (Å²) >= 11 is 1.50. The minimum absolute atomic E-state index is 0.388. The van der Waals surface area contributed by atoms with E-state index in [9.17, 15) is 4.79 Å². The number of thioether (sulfide) groups is 1. The number of carbonyl (C=O) groups excluding carboxylic acids is 1. The summed E-state index contributed by atoms with van der Waals surface area (Å²) in [5.74, 6) is -0.397. The number of anilines is 2. The first kappa shape index (κ1) is 14.5. The van der Waals surface area contributed by atoms with Gasteiger partial charge in [0, 0.05) is 10.6 Å². The third-order valence-electron chi connectivity index (χ3n) is 3.13. The molecule has 0 saturated heterocycles. The van der Waals surface area contributed by atoms with Crippen molar-refractivity contribution in [2.75, 3.05) is 18.7 Å². The number of nitrogens with one attached hydrogen (secondary N) is 1. The van der Waals surface area contributed by atoms with E-state index < -0.39 is 5.97 Å². The lowest BCUT2D eigenvalue weighted by molar-refractivity contribution is 0.0600. The smallest absolute Gasteiger partial charge is 0.338 e. The topological polar surface area (TPSA) is 64.4 Å². The number of hydrogen-bond acceptors (Lipinski definition) is 6. The van der Waals surface area contributed by atoms with Crippen LogP contribution in [0, 0.1) is 0 Å². The molecule has 3 rings (SSSR count). The van der Waals surface area contributed by atoms with E-state index in [2.05, 4.69) is 10.3 Å². The molecule has 0 amide bonds. The van der Waals surface area contributed by atoms with Crippen LogP contribution in [0.3, 0.4) is 0 Å². The first-order valence-electron chi connectivity index (χ1n) is 6.60. The molecule has 1 aromatic heterocycles. The Balaban J connectivity index is 2.03. The van der Waals surface area contributed by atoms with E-state index in [0.717, 1.165) is 16.1 Å². The second-order valence-electron chi connectivity index (χ2n) is 4.53. The normalized spacial score (nSPS) is 10.6. The lowest BCUT2D eigenvalue weighted by Crippen LogP contribution is -2.01. The fourth-order valence-electron chi connectivity index (χ4n) is 2.09. The molecule has 2 aromatic carbocycles. The van der Waals surface area contributed by atoms with Gasteiger partial charge in [-0.1, -0.05) is 18.2 Å². The summed E-state index contributed by atoms with van der Waals surface area (Å²) < 4.78 is 10.5. The van der Waals surface area contributed by atoms with Crippen LogP contribution >= 0.6 is 11.8 Å². The van der Waals surface area contributed by atoms with Gasteiger partial charge in [0.05, 0.1) is 12.7 Å². The standard InChI is InChI=1S/C16H14N2O3S/c1-20-15(19)10-8-12-14(13(9-10)22-2)18-16(21-12)17-11-6-4-3-5-7-11/h3-9H,1-2H3,(H,17,18). The largest absolute Gasteiger partial charge is 0.465 e. The predicted octanol–water partition coefficient (Wildman–Crippen LogP) is 4.08. The number of rotatable bonds is 4. The lowest BCUT2D eigenvalue weighted by Gasteiger charge is -2.01. The predicted molar refractivity (Wildman–Crippen MR) is 86.9 cm³/mol. The van der Waals surface area contributed by atoms with Crippen LogP contribution < -0.4 is 5.32 Å². The molecular formula is C16H14N2O3S. The van der Waals surface area contributed by atoms with Crippen molar-refractivity contribution in [1.29, 1.82) is 0 Å². The van der Waals surface area contributed by atoms with Crippen molar-refractivity contribution in [3.63, 3.8) is 0 Å². The molecule has 0 unspecified atom stereocenters. The van der Waals surface area contributed by atoms with Crippen LogP contribution in [-0.2, 0) is 4.74 Å². The fraction of sp³-hybridized carbons (Fsp3) is 0.125. The van der Waals surface area contributed by atoms with Crippen LogP contribution in [-0.4, -0.2) is 24.3 Å². The second-order valence-corrected chi connectivity index (χ2v) is 5.37. The third kappa shape index (κ3) is 2.78. The fourth-order valence-corrected chi connectivity index (χ4v) is 2.67. The first-order valence-corrected chi connectivity index (χ1v) is 7.82. The van der Waals surface area contributed by atoms with E-state index in [1.807, 2.05) is 36.6 Å². The van der Waals surface area contributed by atoms with E-state index in [-0.39, 0.29) is 0 Å². The van der Waals surface area contributed by atoms with Crippen LogP contribution in [0.15, 0.2) is 51.8 Å². The van der Waals surface area contributed by atoms with E-state index in [0.29, 0.717) is 17.2 Å². The number of ether oxygens (including phenoxy) is 1. The maximum absolute atomic E-state index is 11.7. The van der Waals surface area contributed by atoms with Gasteiger partial charge < -0.3 is 14.5 Å². The van der Waals surface area contributed by atoms with Gasteiger partial charge in [-0.05, 0) is 30.5 Å². The SMILES string of the molecule is COC(=O)c1cc(SC)c2nc(Nc3ccccc3)oc2c1. The molecule has 1 heterocycles. The minimum atomic E-state index is -0.397. The number of methoxy groups -OCH3 is 1. The number of nitrogens with zero attached hydrogens (tertiary/aromatic N) is 1. The zero-order chi connectivity index (χ0) is 15.5. The number of benzene rings is 2. The van der Waals surface area contributed by atoms with Gasteiger partial charge in [-0.2, -0.15) is 4.98 Å². The zero-order valence-corrected chi connectivity index (χ0v) is 12.9. The molecule has 0 aliphatic heterocycles. The maximum Gasteiger partial charge on any atom is 0.338 e. The van der Waals surface area contributed by atoms with E-state index in [1.54, 1.807) is 12.1 Å². The summed E-state index contributed by atoms with van der Waals surface area (Å²) in [5, 5.41) is 3.10. The number of hydrogen-bond donors (Lipinski definition) is 1. The zero-order valence-electron chi connectivity index (χ0n) is 12.1. The van der Waals surface area contributed by atoms with E-state index in [1.165, 1.54) is 18.9 Å².